The van der Waals surface area contributed by atoms with Gasteiger partial charge in [0.05, 0.1) is 11.2 Å². The van der Waals surface area contributed by atoms with Gasteiger partial charge in [0.1, 0.15) is 0 Å². The van der Waals surface area contributed by atoms with Crippen LogP contribution in [-0.4, -0.2) is 23.9 Å². The van der Waals surface area contributed by atoms with E-state index in [1.165, 1.54) is 121 Å². The van der Waals surface area contributed by atoms with Crippen LogP contribution in [0.3, 0.4) is 0 Å². The monoisotopic (exact) mass is 780 g/mol. The van der Waals surface area contributed by atoms with Crippen molar-refractivity contribution < 1.29 is 0 Å². The number of hydrogen-bond donors (Lipinski definition) is 0. The third kappa shape index (κ3) is 3.75. The Hall–Kier alpha value is -6.62. The molecule has 8 aromatic carbocycles. The molecule has 14 rings (SSSR count). The summed E-state index contributed by atoms with van der Waals surface area (Å²) in [7, 11) is -2.86. The highest BCUT2D eigenvalue weighted by atomic mass is 28.3. The van der Waals surface area contributed by atoms with Gasteiger partial charge in [-0.25, -0.2) is 0 Å². The molecule has 0 aliphatic carbocycles. The summed E-state index contributed by atoms with van der Waals surface area (Å²) in [5.41, 5.74) is 21.9. The van der Waals surface area contributed by atoms with E-state index in [-0.39, 0.29) is 6.71 Å². The minimum Gasteiger partial charge on any atom is -0.310 e. The molecular weight excluding hydrogens is 740 g/mol. The van der Waals surface area contributed by atoms with Gasteiger partial charge >= 0.3 is 0 Å². The van der Waals surface area contributed by atoms with Crippen molar-refractivity contribution in [3.8, 4) is 44.9 Å². The highest BCUT2D eigenvalue weighted by molar-refractivity contribution is 7.24. The van der Waals surface area contributed by atoms with Crippen LogP contribution in [0.4, 0.5) is 0 Å². The minimum atomic E-state index is -2.86. The normalized spacial score (nSPS) is 14.4. The molecule has 0 saturated carbocycles. The molecule has 0 bridgehead atoms. The maximum absolute atomic E-state index is 2.86. The second-order valence-corrected chi connectivity index (χ2v) is 22.0. The summed E-state index contributed by atoms with van der Waals surface area (Å²) in [6, 6.07) is 63.8. The van der Waals surface area contributed by atoms with Crippen LogP contribution in [0.2, 0.25) is 0 Å². The van der Waals surface area contributed by atoms with E-state index >= 15 is 0 Å². The molecule has 0 saturated heterocycles. The van der Waals surface area contributed by atoms with E-state index in [1.54, 1.807) is 5.19 Å². The quantitative estimate of drug-likeness (QED) is 0.158. The number of rotatable bonds is 4. The fraction of sp³-hybridized carbons (Fsp3) is 0.107. The van der Waals surface area contributed by atoms with Gasteiger partial charge in [-0.15, -0.1) is 0 Å². The van der Waals surface area contributed by atoms with Crippen molar-refractivity contribution in [2.75, 3.05) is 0 Å². The Labute approximate surface area is 351 Å². The van der Waals surface area contributed by atoms with Crippen molar-refractivity contribution in [3.63, 3.8) is 0 Å². The average molecular weight is 781 g/mol. The van der Waals surface area contributed by atoms with Gasteiger partial charge in [-0.05, 0) is 101 Å². The number of fused-ring (bicyclic) bond motifs is 11. The minimum absolute atomic E-state index is 0.0790. The highest BCUT2D eigenvalue weighted by Gasteiger charge is 2.56. The van der Waals surface area contributed by atoms with Crippen molar-refractivity contribution in [2.24, 2.45) is 0 Å². The Morgan fingerprint density at radius 2 is 1.05 bits per heavy atom. The Morgan fingerprint density at radius 3 is 1.73 bits per heavy atom. The third-order valence-electron chi connectivity index (χ3n) is 14.8. The van der Waals surface area contributed by atoms with Crippen molar-refractivity contribution in [2.45, 2.75) is 39.5 Å². The van der Waals surface area contributed by atoms with Gasteiger partial charge in [0, 0.05) is 44.1 Å². The molecular formula is C56H41BN2Si. The molecule has 0 amide bonds. The van der Waals surface area contributed by atoms with Crippen molar-refractivity contribution in [1.29, 1.82) is 0 Å². The average Bonchev–Trinajstić information content (AvgIpc) is 3.92. The standard InChI is InChI=1S/C56H41BN2Si/c1-32(2)36-28-41-42-29-37(33(3)4)31-49-55(42)59-54(41)44(30-36)57-43-23-15-22-40-50(34-16-7-5-8-17-34)52(35-18-9-6-10-19-35)58(53(40)43)45-26-27-48(56(59)51(45)57)60(49)46-24-13-11-20-38(46)39-21-12-14-25-47(39)60/h5-33H,1-4H3. The van der Waals surface area contributed by atoms with Crippen LogP contribution in [0.5, 0.6) is 0 Å². The van der Waals surface area contributed by atoms with Gasteiger partial charge in [-0.3, -0.25) is 0 Å². The van der Waals surface area contributed by atoms with Gasteiger partial charge in [0.15, 0.2) is 8.07 Å². The first-order chi connectivity index (χ1) is 29.5. The van der Waals surface area contributed by atoms with E-state index in [2.05, 4.69) is 201 Å². The second kappa shape index (κ2) is 11.4. The van der Waals surface area contributed by atoms with E-state index < -0.39 is 8.07 Å². The fourth-order valence-corrected chi connectivity index (χ4v) is 18.0. The first-order valence-corrected chi connectivity index (χ1v) is 23.8. The first kappa shape index (κ1) is 33.2. The zero-order valence-corrected chi connectivity index (χ0v) is 35.2. The lowest BCUT2D eigenvalue weighted by Gasteiger charge is -2.43. The van der Waals surface area contributed by atoms with Crippen LogP contribution in [0.25, 0.3) is 77.6 Å². The smallest absolute Gasteiger partial charge is 0.252 e. The molecule has 282 valence electrons. The molecule has 0 radical (unpaired) electrons. The van der Waals surface area contributed by atoms with E-state index in [0.29, 0.717) is 11.8 Å². The van der Waals surface area contributed by atoms with Crippen LogP contribution < -0.4 is 37.1 Å². The maximum Gasteiger partial charge on any atom is 0.252 e. The lowest BCUT2D eigenvalue weighted by atomic mass is 9.34. The molecule has 4 heteroatoms. The van der Waals surface area contributed by atoms with Crippen LogP contribution in [0.15, 0.2) is 164 Å². The van der Waals surface area contributed by atoms with E-state index in [4.69, 9.17) is 0 Å². The molecule has 1 spiro atoms. The van der Waals surface area contributed by atoms with Gasteiger partial charge in [0.25, 0.3) is 6.71 Å². The van der Waals surface area contributed by atoms with Gasteiger partial charge in [-0.1, -0.05) is 173 Å². The number of nitrogens with zero attached hydrogens (tertiary/aromatic N) is 2. The summed E-state index contributed by atoms with van der Waals surface area (Å²) < 4.78 is 5.46. The number of para-hydroxylation sites is 1. The predicted octanol–water partition coefficient (Wildman–Crippen LogP) is 9.12. The summed E-state index contributed by atoms with van der Waals surface area (Å²) in [4.78, 5) is 0. The third-order valence-corrected chi connectivity index (χ3v) is 19.7. The summed E-state index contributed by atoms with van der Waals surface area (Å²) in [5.74, 6) is 0.786. The van der Waals surface area contributed by atoms with Crippen LogP contribution >= 0.6 is 0 Å². The summed E-state index contributed by atoms with van der Waals surface area (Å²) in [6.45, 7) is 9.58. The molecule has 10 aromatic rings. The number of aromatic nitrogens is 2. The van der Waals surface area contributed by atoms with Crippen molar-refractivity contribution >= 4 is 84.6 Å². The van der Waals surface area contributed by atoms with Crippen LogP contribution in [0.1, 0.15) is 50.7 Å². The highest BCUT2D eigenvalue weighted by Crippen LogP contribution is 2.47. The largest absolute Gasteiger partial charge is 0.310 e. The zero-order chi connectivity index (χ0) is 39.8. The Balaban J connectivity index is 1.25. The maximum atomic E-state index is 2.78. The Morgan fingerprint density at radius 1 is 0.450 bits per heavy atom. The molecule has 2 aromatic heterocycles. The molecule has 2 nitrogen and oxygen atoms in total. The molecule has 0 unspecified atom stereocenters. The second-order valence-electron chi connectivity index (χ2n) is 18.3. The van der Waals surface area contributed by atoms with E-state index in [9.17, 15) is 0 Å². The van der Waals surface area contributed by atoms with Gasteiger partial charge < -0.3 is 9.13 Å². The first-order valence-electron chi connectivity index (χ1n) is 21.8. The number of benzene rings is 8. The predicted molar refractivity (Wildman–Crippen MR) is 257 cm³/mol. The van der Waals surface area contributed by atoms with Gasteiger partial charge in [0.2, 0.25) is 0 Å². The van der Waals surface area contributed by atoms with Crippen LogP contribution in [-0.2, 0) is 0 Å². The molecule has 6 heterocycles. The SMILES string of the molecule is CC(C)c1cc2c3c(c1)c1cc(C(C)C)cc4c1n3-c1c(ccc3c1B2c1cccc2c(-c5ccccc5)c(-c5ccccc5)n-3c12)[Si]41c2ccccc2-c2ccccc21. The lowest BCUT2D eigenvalue weighted by molar-refractivity contribution is 0.869. The molecule has 0 fully saturated rings. The summed E-state index contributed by atoms with van der Waals surface area (Å²) in [6.07, 6.45) is 0. The molecule has 60 heavy (non-hydrogen) atoms. The lowest BCUT2D eigenvalue weighted by Crippen LogP contribution is -2.77. The summed E-state index contributed by atoms with van der Waals surface area (Å²) in [5, 5.41) is 10.3. The molecule has 4 aliphatic rings. The fourth-order valence-electron chi connectivity index (χ4n) is 12.4. The molecule has 0 N–H and O–H groups in total. The van der Waals surface area contributed by atoms with Crippen LogP contribution in [0, 0.1) is 0 Å². The Kier molecular flexibility index (Phi) is 6.29. The number of hydrogen-bond acceptors (Lipinski definition) is 0. The molecule has 0 atom stereocenters. The van der Waals surface area contributed by atoms with E-state index in [0.717, 1.165) is 0 Å². The van der Waals surface area contributed by atoms with Gasteiger partial charge in [-0.2, -0.15) is 0 Å². The van der Waals surface area contributed by atoms with Crippen molar-refractivity contribution in [3.05, 3.63) is 175 Å². The Bertz CT molecular complexity index is 3510. The topological polar surface area (TPSA) is 9.86 Å². The zero-order valence-electron chi connectivity index (χ0n) is 34.2. The summed E-state index contributed by atoms with van der Waals surface area (Å²) >= 11 is 0. The van der Waals surface area contributed by atoms with Crippen molar-refractivity contribution in [1.82, 2.24) is 9.13 Å². The van der Waals surface area contributed by atoms with E-state index in [1.807, 2.05) is 0 Å². The molecule has 4 aliphatic heterocycles.